The van der Waals surface area contributed by atoms with E-state index >= 15 is 0 Å². The molecule has 0 aromatic carbocycles. The van der Waals surface area contributed by atoms with Crippen LogP contribution in [0.3, 0.4) is 0 Å². The molecule has 1 aromatic rings. The number of hydrazine groups is 1. The van der Waals surface area contributed by atoms with Gasteiger partial charge in [0.2, 0.25) is 5.60 Å². The van der Waals surface area contributed by atoms with Gasteiger partial charge in [0.05, 0.1) is 6.04 Å². The van der Waals surface area contributed by atoms with Crippen molar-refractivity contribution in [3.05, 3.63) is 11.1 Å². The zero-order valence-corrected chi connectivity index (χ0v) is 18.9. The third kappa shape index (κ3) is 5.09. The molecule has 14 nitrogen and oxygen atoms in total. The molecular formula is C15H23N7O7S2. The highest BCUT2D eigenvalue weighted by Gasteiger charge is 2.51. The SMILES string of the molecule is CNN(C)C(=O)C(C)(C)ON=C(C(=O)N[C@H]1C(=O)N(S(=O)(=O)O)[C@@H]1C)c1csc(N)n1. The van der Waals surface area contributed by atoms with Crippen LogP contribution in [0.25, 0.3) is 0 Å². The summed E-state index contributed by atoms with van der Waals surface area (Å²) in [7, 11) is -1.75. The fourth-order valence-electron chi connectivity index (χ4n) is 2.62. The zero-order chi connectivity index (χ0) is 23.7. The predicted molar refractivity (Wildman–Crippen MR) is 110 cm³/mol. The lowest BCUT2D eigenvalue weighted by molar-refractivity contribution is -0.155. The van der Waals surface area contributed by atoms with Gasteiger partial charge in [0.25, 0.3) is 17.7 Å². The lowest BCUT2D eigenvalue weighted by atomic mass is 10.0. The Morgan fingerprint density at radius 2 is 2.06 bits per heavy atom. The summed E-state index contributed by atoms with van der Waals surface area (Å²) in [6.45, 7) is 4.18. The van der Waals surface area contributed by atoms with Crippen LogP contribution in [-0.4, -0.2) is 82.5 Å². The third-order valence-electron chi connectivity index (χ3n) is 4.37. The van der Waals surface area contributed by atoms with E-state index in [-0.39, 0.29) is 20.8 Å². The number of amides is 3. The Hall–Kier alpha value is -2.82. The van der Waals surface area contributed by atoms with Crippen LogP contribution in [0.1, 0.15) is 26.5 Å². The maximum absolute atomic E-state index is 12.8. The van der Waals surface area contributed by atoms with E-state index in [2.05, 4.69) is 20.9 Å². The Labute approximate surface area is 182 Å². The Morgan fingerprint density at radius 3 is 2.52 bits per heavy atom. The fourth-order valence-corrected chi connectivity index (χ4v) is 4.05. The van der Waals surface area contributed by atoms with Crippen LogP contribution in [-0.2, 0) is 29.5 Å². The van der Waals surface area contributed by atoms with E-state index in [4.69, 9.17) is 15.1 Å². The maximum Gasteiger partial charge on any atom is 0.362 e. The van der Waals surface area contributed by atoms with Crippen molar-refractivity contribution in [2.45, 2.75) is 38.5 Å². The van der Waals surface area contributed by atoms with Crippen LogP contribution in [0.15, 0.2) is 10.5 Å². The first-order valence-electron chi connectivity index (χ1n) is 8.75. The standard InChI is InChI=1S/C15H23N7O7S2/c1-7-9(12(24)22(7)31(26,27)28)19-11(23)10(8-6-30-14(16)18-8)20-29-15(2,3)13(25)21(5)17-4/h6-7,9,17H,1-5H3,(H2,16,18)(H,19,23)(H,26,27,28)/t7-,9-/m1/s1. The van der Waals surface area contributed by atoms with Crippen molar-refractivity contribution in [1.82, 2.24) is 25.0 Å². The number of nitrogens with one attached hydrogen (secondary N) is 2. The number of hydrogen-bond donors (Lipinski definition) is 4. The minimum Gasteiger partial charge on any atom is -0.379 e. The second kappa shape index (κ2) is 8.74. The summed E-state index contributed by atoms with van der Waals surface area (Å²) in [5.74, 6) is -2.44. The molecule has 3 amide bonds. The minimum atomic E-state index is -4.75. The second-order valence-corrected chi connectivity index (χ2v) is 9.18. The summed E-state index contributed by atoms with van der Waals surface area (Å²) in [5.41, 5.74) is 6.39. The molecule has 1 aromatic heterocycles. The summed E-state index contributed by atoms with van der Waals surface area (Å²) in [4.78, 5) is 46.5. The molecule has 1 aliphatic rings. The van der Waals surface area contributed by atoms with E-state index < -0.39 is 45.7 Å². The number of nitrogen functional groups attached to an aromatic ring is 1. The number of nitrogens with two attached hydrogens (primary N) is 1. The third-order valence-corrected chi connectivity index (χ3v) is 6.05. The van der Waals surface area contributed by atoms with Crippen molar-refractivity contribution >= 4 is 50.2 Å². The van der Waals surface area contributed by atoms with Crippen molar-refractivity contribution in [3.63, 3.8) is 0 Å². The summed E-state index contributed by atoms with van der Waals surface area (Å²) in [5, 5.41) is 8.81. The Morgan fingerprint density at radius 1 is 1.45 bits per heavy atom. The van der Waals surface area contributed by atoms with Gasteiger partial charge >= 0.3 is 10.3 Å². The van der Waals surface area contributed by atoms with E-state index in [0.717, 1.165) is 16.3 Å². The highest BCUT2D eigenvalue weighted by Crippen LogP contribution is 2.23. The van der Waals surface area contributed by atoms with Crippen LogP contribution >= 0.6 is 11.3 Å². The van der Waals surface area contributed by atoms with Gasteiger partial charge in [0.15, 0.2) is 10.8 Å². The molecule has 0 spiro atoms. The number of oxime groups is 1. The van der Waals surface area contributed by atoms with Gasteiger partial charge in [-0.2, -0.15) is 8.42 Å². The molecule has 2 atom stereocenters. The second-order valence-electron chi connectivity index (χ2n) is 7.00. The van der Waals surface area contributed by atoms with Crippen LogP contribution < -0.4 is 16.5 Å². The number of nitrogens with zero attached hydrogens (tertiary/aromatic N) is 4. The molecule has 31 heavy (non-hydrogen) atoms. The number of hydrogen-bond acceptors (Lipinski definition) is 11. The first-order valence-corrected chi connectivity index (χ1v) is 11.0. The molecule has 0 radical (unpaired) electrons. The number of thiazole rings is 1. The molecule has 0 aliphatic carbocycles. The Bertz CT molecular complexity index is 1020. The fraction of sp³-hybridized carbons (Fsp3) is 0.533. The average molecular weight is 478 g/mol. The highest BCUT2D eigenvalue weighted by molar-refractivity contribution is 7.84. The maximum atomic E-state index is 12.8. The van der Waals surface area contributed by atoms with E-state index in [1.165, 1.54) is 40.2 Å². The molecule has 1 saturated heterocycles. The molecule has 172 valence electrons. The van der Waals surface area contributed by atoms with Gasteiger partial charge in [-0.3, -0.25) is 23.9 Å². The number of β-lactam (4-membered cyclic amide) rings is 1. The molecule has 1 aliphatic heterocycles. The molecule has 16 heteroatoms. The van der Waals surface area contributed by atoms with Gasteiger partial charge in [-0.15, -0.1) is 11.3 Å². The van der Waals surface area contributed by atoms with Crippen molar-refractivity contribution in [1.29, 1.82) is 0 Å². The van der Waals surface area contributed by atoms with Crippen molar-refractivity contribution < 1.29 is 32.2 Å². The predicted octanol–water partition coefficient (Wildman–Crippen LogP) is -1.66. The molecule has 0 bridgehead atoms. The molecule has 2 rings (SSSR count). The topological polar surface area (TPSA) is 197 Å². The Kier molecular flexibility index (Phi) is 6.89. The first-order chi connectivity index (χ1) is 14.2. The molecule has 0 unspecified atom stereocenters. The molecule has 1 fully saturated rings. The van der Waals surface area contributed by atoms with Crippen molar-refractivity contribution in [2.75, 3.05) is 19.8 Å². The molecule has 5 N–H and O–H groups in total. The van der Waals surface area contributed by atoms with E-state index in [1.54, 1.807) is 0 Å². The smallest absolute Gasteiger partial charge is 0.362 e. The zero-order valence-electron chi connectivity index (χ0n) is 17.3. The largest absolute Gasteiger partial charge is 0.379 e. The van der Waals surface area contributed by atoms with Crippen LogP contribution in [0.5, 0.6) is 0 Å². The monoisotopic (exact) mass is 477 g/mol. The number of rotatable bonds is 8. The van der Waals surface area contributed by atoms with E-state index in [9.17, 15) is 22.8 Å². The van der Waals surface area contributed by atoms with E-state index in [0.29, 0.717) is 0 Å². The number of likely N-dealkylation sites (N-methyl/N-ethyl adjacent to an activating group) is 1. The number of carbonyl (C=O) groups is 3. The number of aromatic nitrogens is 1. The Balaban J connectivity index is 2.27. The minimum absolute atomic E-state index is 0.0243. The number of anilines is 1. The summed E-state index contributed by atoms with van der Waals surface area (Å²) in [6.07, 6.45) is 0. The first kappa shape index (κ1) is 24.4. The van der Waals surface area contributed by atoms with Gasteiger partial charge in [-0.1, -0.05) is 5.16 Å². The van der Waals surface area contributed by atoms with Gasteiger partial charge in [0.1, 0.15) is 11.7 Å². The quantitative estimate of drug-likeness (QED) is 0.145. The lowest BCUT2D eigenvalue weighted by Gasteiger charge is -2.42. The van der Waals surface area contributed by atoms with Crippen molar-refractivity contribution in [3.8, 4) is 0 Å². The summed E-state index contributed by atoms with van der Waals surface area (Å²) < 4.78 is 31.7. The molecular weight excluding hydrogens is 454 g/mol. The highest BCUT2D eigenvalue weighted by atomic mass is 32.2. The van der Waals surface area contributed by atoms with Crippen LogP contribution in [0.2, 0.25) is 0 Å². The van der Waals surface area contributed by atoms with Crippen LogP contribution in [0, 0.1) is 0 Å². The molecule has 0 saturated carbocycles. The van der Waals surface area contributed by atoms with E-state index in [1.807, 2.05) is 0 Å². The lowest BCUT2D eigenvalue weighted by Crippen LogP contribution is -2.71. The summed E-state index contributed by atoms with van der Waals surface area (Å²) >= 11 is 1.02. The van der Waals surface area contributed by atoms with Crippen LogP contribution in [0.4, 0.5) is 5.13 Å². The van der Waals surface area contributed by atoms with Crippen molar-refractivity contribution in [2.24, 2.45) is 5.16 Å². The number of carbonyl (C=O) groups excluding carboxylic acids is 3. The summed E-state index contributed by atoms with van der Waals surface area (Å²) in [6, 6.07) is -2.27. The van der Waals surface area contributed by atoms with Gasteiger partial charge in [-0.25, -0.2) is 14.7 Å². The van der Waals surface area contributed by atoms with Gasteiger partial charge in [0, 0.05) is 19.5 Å². The normalized spacial score (nSPS) is 19.6. The van der Waals surface area contributed by atoms with Gasteiger partial charge in [-0.05, 0) is 20.8 Å². The average Bonchev–Trinajstić information content (AvgIpc) is 3.09. The van der Waals surface area contributed by atoms with Gasteiger partial charge < -0.3 is 15.9 Å². The molecule has 2 heterocycles.